The fraction of sp³-hybridized carbons (Fsp3) is 0. The van der Waals surface area contributed by atoms with Crippen molar-refractivity contribution in [3.05, 3.63) is 258 Å². The summed E-state index contributed by atoms with van der Waals surface area (Å²) < 4.78 is 0. The van der Waals surface area contributed by atoms with Gasteiger partial charge in [0.1, 0.15) is 0 Å². The molecule has 0 amide bonds. The van der Waals surface area contributed by atoms with E-state index in [-0.39, 0.29) is 0 Å². The van der Waals surface area contributed by atoms with Crippen LogP contribution in [0, 0.1) is 5.41 Å². The van der Waals surface area contributed by atoms with Gasteiger partial charge in [-0.15, -0.1) is 0 Å². The zero-order valence-corrected chi connectivity index (χ0v) is 33.5. The van der Waals surface area contributed by atoms with Crippen LogP contribution in [0.25, 0.3) is 78.9 Å². The molecular weight excluding hydrogens is 739 g/mol. The van der Waals surface area contributed by atoms with Gasteiger partial charge in [-0.2, -0.15) is 0 Å². The fourth-order valence-corrected chi connectivity index (χ4v) is 8.26. The molecule has 3 nitrogen and oxygen atoms in total. The van der Waals surface area contributed by atoms with Crippen LogP contribution in [0.4, 0.5) is 0 Å². The van der Waals surface area contributed by atoms with Crippen LogP contribution in [0.3, 0.4) is 0 Å². The maximum absolute atomic E-state index is 9.76. The van der Waals surface area contributed by atoms with Crippen molar-refractivity contribution >= 4 is 28.8 Å². The van der Waals surface area contributed by atoms with E-state index in [9.17, 15) is 5.41 Å². The Labute approximate surface area is 357 Å². The van der Waals surface area contributed by atoms with E-state index in [4.69, 9.17) is 4.98 Å². The lowest BCUT2D eigenvalue weighted by molar-refractivity contribution is 1.22. The van der Waals surface area contributed by atoms with Crippen molar-refractivity contribution in [2.45, 2.75) is 0 Å². The average molecular weight is 780 g/mol. The first-order valence-electron chi connectivity index (χ1n) is 20.6. The van der Waals surface area contributed by atoms with E-state index in [0.717, 1.165) is 101 Å². The molecule has 0 unspecified atom stereocenters. The highest BCUT2D eigenvalue weighted by atomic mass is 14.9. The predicted octanol–water partition coefficient (Wildman–Crippen LogP) is 14.5. The first-order valence-corrected chi connectivity index (χ1v) is 20.6. The van der Waals surface area contributed by atoms with Gasteiger partial charge in [0.2, 0.25) is 0 Å². The van der Waals surface area contributed by atoms with Crippen molar-refractivity contribution in [3.63, 3.8) is 0 Å². The van der Waals surface area contributed by atoms with Gasteiger partial charge in [-0.25, -0.2) is 4.98 Å². The molecule has 10 rings (SSSR count). The van der Waals surface area contributed by atoms with Crippen molar-refractivity contribution in [3.8, 4) is 55.9 Å². The zero-order chi connectivity index (χ0) is 41.0. The molecular formula is C58H41N3. The Morgan fingerprint density at radius 1 is 0.377 bits per heavy atom. The third kappa shape index (κ3) is 7.65. The predicted molar refractivity (Wildman–Crippen MR) is 255 cm³/mol. The zero-order valence-electron chi connectivity index (χ0n) is 33.5. The molecule has 0 atom stereocenters. The lowest BCUT2D eigenvalue weighted by atomic mass is 9.84. The van der Waals surface area contributed by atoms with Crippen LogP contribution >= 0.6 is 0 Å². The average Bonchev–Trinajstić information content (AvgIpc) is 3.35. The summed E-state index contributed by atoms with van der Waals surface area (Å²) in [5, 5.41) is 13.6. The molecule has 2 heterocycles. The van der Waals surface area contributed by atoms with Crippen LogP contribution in [0.1, 0.15) is 27.8 Å². The standard InChI is InChI=1S/C58H41N3/c59-57(46-26-14-5-15-27-46)56(45-24-12-4-13-25-45)58-55-49(37-54(61-58)44-22-10-3-11-23-44)30-17-31-51(55)48-29-16-28-47(36-48)40-32-34-41(35-33-40)50-38-52(42-18-6-1-7-19-42)60-53(39-50)43-20-8-2-9-21-43/h1-39,59,61H/b58-56-,59-57?. The molecule has 1 aliphatic heterocycles. The quantitative estimate of drug-likeness (QED) is 0.143. The molecule has 0 bridgehead atoms. The van der Waals surface area contributed by atoms with E-state index < -0.39 is 0 Å². The van der Waals surface area contributed by atoms with Crippen molar-refractivity contribution < 1.29 is 0 Å². The number of nitrogens with zero attached hydrogens (tertiary/aromatic N) is 1. The Morgan fingerprint density at radius 3 is 1.44 bits per heavy atom. The van der Waals surface area contributed by atoms with Gasteiger partial charge in [-0.3, -0.25) is 5.41 Å². The van der Waals surface area contributed by atoms with Gasteiger partial charge in [0, 0.05) is 33.5 Å². The van der Waals surface area contributed by atoms with E-state index in [1.54, 1.807) is 0 Å². The Balaban J connectivity index is 1.08. The van der Waals surface area contributed by atoms with Crippen LogP contribution in [0.5, 0.6) is 0 Å². The lowest BCUT2D eigenvalue weighted by Crippen LogP contribution is -2.21. The molecule has 61 heavy (non-hydrogen) atoms. The van der Waals surface area contributed by atoms with Gasteiger partial charge < -0.3 is 5.32 Å². The second-order valence-corrected chi connectivity index (χ2v) is 15.2. The normalized spacial score (nSPS) is 12.8. The van der Waals surface area contributed by atoms with Gasteiger partial charge in [0.25, 0.3) is 0 Å². The van der Waals surface area contributed by atoms with Crippen molar-refractivity contribution in [2.75, 3.05) is 0 Å². The third-order valence-corrected chi connectivity index (χ3v) is 11.3. The molecule has 1 aliphatic rings. The third-order valence-electron chi connectivity index (χ3n) is 11.3. The highest BCUT2D eigenvalue weighted by Crippen LogP contribution is 2.42. The molecule has 0 saturated heterocycles. The second kappa shape index (κ2) is 16.6. The number of hydrogen-bond acceptors (Lipinski definition) is 3. The van der Waals surface area contributed by atoms with Crippen molar-refractivity contribution in [2.24, 2.45) is 0 Å². The molecule has 0 radical (unpaired) electrons. The van der Waals surface area contributed by atoms with Crippen molar-refractivity contribution in [1.29, 1.82) is 5.41 Å². The summed E-state index contributed by atoms with van der Waals surface area (Å²) in [5.41, 5.74) is 19.0. The topological polar surface area (TPSA) is 48.8 Å². The minimum Gasteiger partial charge on any atom is -0.354 e. The largest absolute Gasteiger partial charge is 0.354 e. The Morgan fingerprint density at radius 2 is 0.852 bits per heavy atom. The number of rotatable bonds is 9. The number of hydrogen-bond donors (Lipinski definition) is 2. The number of fused-ring (bicyclic) bond motifs is 1. The Bertz CT molecular complexity index is 3000. The molecule has 1 aromatic heterocycles. The lowest BCUT2D eigenvalue weighted by Gasteiger charge is -2.28. The smallest absolute Gasteiger partial charge is 0.0715 e. The Kier molecular flexibility index (Phi) is 10.1. The van der Waals surface area contributed by atoms with Gasteiger partial charge in [0.15, 0.2) is 0 Å². The summed E-state index contributed by atoms with van der Waals surface area (Å²) in [6.45, 7) is 0. The molecule has 9 aromatic rings. The van der Waals surface area contributed by atoms with Crippen molar-refractivity contribution in [1.82, 2.24) is 10.3 Å². The van der Waals surface area contributed by atoms with E-state index in [1.807, 2.05) is 66.7 Å². The van der Waals surface area contributed by atoms with E-state index in [0.29, 0.717) is 5.71 Å². The summed E-state index contributed by atoms with van der Waals surface area (Å²) in [6, 6.07) is 80.2. The summed E-state index contributed by atoms with van der Waals surface area (Å²) in [7, 11) is 0. The highest BCUT2D eigenvalue weighted by Gasteiger charge is 2.26. The van der Waals surface area contributed by atoms with Gasteiger partial charge >= 0.3 is 0 Å². The maximum Gasteiger partial charge on any atom is 0.0715 e. The van der Waals surface area contributed by atoms with Crippen LogP contribution in [0.2, 0.25) is 0 Å². The summed E-state index contributed by atoms with van der Waals surface area (Å²) in [5.74, 6) is 0. The molecule has 0 saturated carbocycles. The number of aromatic nitrogens is 1. The monoisotopic (exact) mass is 779 g/mol. The fourth-order valence-electron chi connectivity index (χ4n) is 8.26. The molecule has 8 aromatic carbocycles. The number of pyridine rings is 1. The van der Waals surface area contributed by atoms with Gasteiger partial charge in [-0.05, 0) is 74.3 Å². The molecule has 0 spiro atoms. The van der Waals surface area contributed by atoms with Crippen LogP contribution in [-0.4, -0.2) is 10.7 Å². The second-order valence-electron chi connectivity index (χ2n) is 15.2. The maximum atomic E-state index is 9.76. The molecule has 288 valence electrons. The number of benzene rings is 8. The first-order chi connectivity index (χ1) is 30.2. The summed E-state index contributed by atoms with van der Waals surface area (Å²) in [4.78, 5) is 5.09. The van der Waals surface area contributed by atoms with Crippen LogP contribution < -0.4 is 5.32 Å². The SMILES string of the molecule is N=C(/C(=C1\NC(c2ccccc2)=Cc2cccc(-c3cccc(-c4ccc(-c5cc(-c6ccccc6)nc(-c6ccccc6)c5)cc4)c3)c21)c1ccccc1)c1ccccc1. The molecule has 0 fully saturated rings. The van der Waals surface area contributed by atoms with E-state index in [1.165, 1.54) is 0 Å². The van der Waals surface area contributed by atoms with Crippen LogP contribution in [0.15, 0.2) is 231 Å². The van der Waals surface area contributed by atoms with Gasteiger partial charge in [-0.1, -0.05) is 212 Å². The van der Waals surface area contributed by atoms with Gasteiger partial charge in [0.05, 0.1) is 22.8 Å². The summed E-state index contributed by atoms with van der Waals surface area (Å²) >= 11 is 0. The van der Waals surface area contributed by atoms with Crippen LogP contribution in [-0.2, 0) is 0 Å². The number of allylic oxidation sites excluding steroid dienone is 1. The van der Waals surface area contributed by atoms with E-state index in [2.05, 4.69) is 175 Å². The highest BCUT2D eigenvalue weighted by molar-refractivity contribution is 6.36. The summed E-state index contributed by atoms with van der Waals surface area (Å²) in [6.07, 6.45) is 2.24. The molecule has 0 aliphatic carbocycles. The minimum atomic E-state index is 0.458. The molecule has 2 N–H and O–H groups in total. The molecule has 3 heteroatoms. The van der Waals surface area contributed by atoms with E-state index >= 15 is 0 Å². The number of nitrogens with one attached hydrogen (secondary N) is 2. The Hall–Kier alpha value is -8.14. The first kappa shape index (κ1) is 37.2. The minimum absolute atomic E-state index is 0.458.